The number of hydrogen-bond acceptors (Lipinski definition) is 4. The van der Waals surface area contributed by atoms with E-state index in [-0.39, 0.29) is 24.1 Å². The van der Waals surface area contributed by atoms with Crippen LogP contribution in [0.4, 0.5) is 5.69 Å². The highest BCUT2D eigenvalue weighted by molar-refractivity contribution is 5.78. The number of methoxy groups -OCH3 is 1. The summed E-state index contributed by atoms with van der Waals surface area (Å²) >= 11 is 0. The Labute approximate surface area is 164 Å². The molecule has 7 heteroatoms. The highest BCUT2D eigenvalue weighted by Crippen LogP contribution is 2.17. The van der Waals surface area contributed by atoms with Crippen LogP contribution in [0.2, 0.25) is 0 Å². The van der Waals surface area contributed by atoms with E-state index < -0.39 is 4.92 Å². The van der Waals surface area contributed by atoms with Crippen molar-refractivity contribution in [2.24, 2.45) is 0 Å². The molecule has 1 aliphatic rings. The van der Waals surface area contributed by atoms with Crippen LogP contribution in [0, 0.1) is 10.1 Å². The van der Waals surface area contributed by atoms with Crippen LogP contribution in [0.15, 0.2) is 48.5 Å². The van der Waals surface area contributed by atoms with Crippen molar-refractivity contribution in [2.75, 3.05) is 26.7 Å². The van der Waals surface area contributed by atoms with Gasteiger partial charge in [0.1, 0.15) is 11.8 Å². The molecule has 1 aliphatic heterocycles. The average molecular weight is 384 g/mol. The van der Waals surface area contributed by atoms with Crippen molar-refractivity contribution in [3.63, 3.8) is 0 Å². The Hall–Kier alpha value is -2.93. The molecule has 0 saturated carbocycles. The summed E-state index contributed by atoms with van der Waals surface area (Å²) in [5, 5.41) is 13.8. The van der Waals surface area contributed by atoms with Crippen LogP contribution in [0.5, 0.6) is 5.75 Å². The number of nitrogens with zero attached hydrogens (tertiary/aromatic N) is 1. The third-order valence-corrected chi connectivity index (χ3v) is 5.27. The Balaban J connectivity index is 1.62. The lowest BCUT2D eigenvalue weighted by molar-refractivity contribution is -0.918. The Bertz CT molecular complexity index is 799. The van der Waals surface area contributed by atoms with E-state index in [1.807, 2.05) is 12.1 Å². The predicted octanol–water partition coefficient (Wildman–Crippen LogP) is 1.68. The smallest absolute Gasteiger partial charge is 0.269 e. The largest absolute Gasteiger partial charge is 0.497 e. The zero-order valence-electron chi connectivity index (χ0n) is 16.0. The molecule has 0 radical (unpaired) electrons. The number of non-ortho nitro benzene ring substituents is 1. The van der Waals surface area contributed by atoms with Gasteiger partial charge in [-0.25, -0.2) is 0 Å². The second-order valence-electron chi connectivity index (χ2n) is 7.10. The number of benzene rings is 2. The van der Waals surface area contributed by atoms with E-state index in [1.165, 1.54) is 35.4 Å². The molecule has 1 saturated heterocycles. The fourth-order valence-corrected chi connectivity index (χ4v) is 3.71. The summed E-state index contributed by atoms with van der Waals surface area (Å²) in [6, 6.07) is 14.4. The number of amides is 1. The molecular weight excluding hydrogens is 358 g/mol. The minimum Gasteiger partial charge on any atom is -0.497 e. The first-order chi connectivity index (χ1) is 13.6. The number of carbonyl (C=O) groups is 1. The Morgan fingerprint density at radius 2 is 1.79 bits per heavy atom. The third-order valence-electron chi connectivity index (χ3n) is 5.27. The molecule has 1 amide bonds. The van der Waals surface area contributed by atoms with E-state index in [1.54, 1.807) is 19.2 Å². The van der Waals surface area contributed by atoms with Gasteiger partial charge < -0.3 is 15.0 Å². The summed E-state index contributed by atoms with van der Waals surface area (Å²) in [7, 11) is 1.65. The summed E-state index contributed by atoms with van der Waals surface area (Å²) in [5.74, 6) is 0.743. The number of carbonyl (C=O) groups excluding carboxylic acids is 1. The van der Waals surface area contributed by atoms with Crippen molar-refractivity contribution in [1.29, 1.82) is 0 Å². The van der Waals surface area contributed by atoms with Gasteiger partial charge in [0.25, 0.3) is 5.69 Å². The Morgan fingerprint density at radius 1 is 1.14 bits per heavy atom. The number of nitro groups is 1. The van der Waals surface area contributed by atoms with Gasteiger partial charge in [-0.1, -0.05) is 12.1 Å². The monoisotopic (exact) mass is 384 g/mol. The van der Waals surface area contributed by atoms with Crippen molar-refractivity contribution in [1.82, 2.24) is 5.32 Å². The van der Waals surface area contributed by atoms with Crippen LogP contribution in [-0.4, -0.2) is 37.6 Å². The molecule has 2 N–H and O–H groups in total. The fourth-order valence-electron chi connectivity index (χ4n) is 3.71. The van der Waals surface area contributed by atoms with E-state index in [2.05, 4.69) is 17.4 Å². The Kier molecular flexibility index (Phi) is 6.60. The zero-order valence-corrected chi connectivity index (χ0v) is 16.0. The first kappa shape index (κ1) is 19.8. The highest BCUT2D eigenvalue weighted by atomic mass is 16.6. The minimum absolute atomic E-state index is 0.0290. The lowest BCUT2D eigenvalue weighted by Gasteiger charge is -2.25. The summed E-state index contributed by atoms with van der Waals surface area (Å²) in [6.45, 7) is 2.78. The van der Waals surface area contributed by atoms with Crippen LogP contribution in [0.1, 0.15) is 30.0 Å². The Morgan fingerprint density at radius 3 is 2.36 bits per heavy atom. The number of likely N-dealkylation sites (tertiary alicyclic amines) is 1. The number of hydrogen-bond donors (Lipinski definition) is 2. The predicted molar refractivity (Wildman–Crippen MR) is 105 cm³/mol. The van der Waals surface area contributed by atoms with E-state index in [9.17, 15) is 14.9 Å². The van der Waals surface area contributed by atoms with Gasteiger partial charge in [-0.05, 0) is 29.8 Å². The maximum atomic E-state index is 12.4. The molecule has 2 aromatic carbocycles. The molecule has 1 heterocycles. The van der Waals surface area contributed by atoms with E-state index in [4.69, 9.17) is 4.74 Å². The molecule has 0 aliphatic carbocycles. The van der Waals surface area contributed by atoms with Crippen LogP contribution < -0.4 is 15.0 Å². The topological polar surface area (TPSA) is 85.9 Å². The number of quaternary nitrogens is 1. The third kappa shape index (κ3) is 5.07. The number of nitrogens with one attached hydrogen (secondary N) is 2. The first-order valence-corrected chi connectivity index (χ1v) is 9.55. The highest BCUT2D eigenvalue weighted by Gasteiger charge is 2.27. The van der Waals surface area contributed by atoms with Crippen molar-refractivity contribution < 1.29 is 19.4 Å². The maximum absolute atomic E-state index is 12.4. The van der Waals surface area contributed by atoms with Gasteiger partial charge in [-0.15, -0.1) is 0 Å². The summed E-state index contributed by atoms with van der Waals surface area (Å²) in [6.07, 6.45) is 2.63. The number of ether oxygens (including phenoxy) is 1. The molecule has 2 aromatic rings. The van der Waals surface area contributed by atoms with Crippen LogP contribution >= 0.6 is 0 Å². The van der Waals surface area contributed by atoms with E-state index in [0.717, 1.165) is 24.4 Å². The van der Waals surface area contributed by atoms with Gasteiger partial charge >= 0.3 is 0 Å². The summed E-state index contributed by atoms with van der Waals surface area (Å²) in [5.41, 5.74) is 1.98. The van der Waals surface area contributed by atoms with Gasteiger partial charge in [0.05, 0.1) is 38.1 Å². The molecule has 0 bridgehead atoms. The SMILES string of the molecule is COc1ccc([C@H](CNC(=O)Cc2ccc([N+](=O)[O-])cc2)[NH+]2CCCC2)cc1. The van der Waals surface area contributed by atoms with Crippen molar-refractivity contribution in [3.05, 3.63) is 69.8 Å². The molecule has 0 spiro atoms. The average Bonchev–Trinajstić information content (AvgIpc) is 3.23. The van der Waals surface area contributed by atoms with Gasteiger partial charge in [0, 0.05) is 30.5 Å². The minimum atomic E-state index is -0.442. The zero-order chi connectivity index (χ0) is 19.9. The maximum Gasteiger partial charge on any atom is 0.269 e. The lowest BCUT2D eigenvalue weighted by Crippen LogP contribution is -3.11. The van der Waals surface area contributed by atoms with Gasteiger partial charge in [-0.3, -0.25) is 14.9 Å². The van der Waals surface area contributed by atoms with Crippen molar-refractivity contribution >= 4 is 11.6 Å². The van der Waals surface area contributed by atoms with Crippen LogP contribution in [-0.2, 0) is 11.2 Å². The standard InChI is InChI=1S/C21H25N3O4/c1-28-19-10-6-17(7-11-19)20(23-12-2-3-13-23)15-22-21(25)14-16-4-8-18(9-5-16)24(26)27/h4-11,20H,2-3,12-15H2,1H3,(H,22,25)/p+1/t20-/m0/s1. The molecule has 0 aromatic heterocycles. The first-order valence-electron chi connectivity index (χ1n) is 9.55. The fraction of sp³-hybridized carbons (Fsp3) is 0.381. The van der Waals surface area contributed by atoms with Crippen molar-refractivity contribution in [3.8, 4) is 5.75 Å². The second-order valence-corrected chi connectivity index (χ2v) is 7.10. The van der Waals surface area contributed by atoms with E-state index >= 15 is 0 Å². The van der Waals surface area contributed by atoms with Gasteiger partial charge in [-0.2, -0.15) is 0 Å². The van der Waals surface area contributed by atoms with Gasteiger partial charge in [0.2, 0.25) is 5.91 Å². The molecule has 0 unspecified atom stereocenters. The molecule has 148 valence electrons. The second kappa shape index (κ2) is 9.32. The number of nitro benzene ring substituents is 1. The quantitative estimate of drug-likeness (QED) is 0.536. The van der Waals surface area contributed by atoms with E-state index in [0.29, 0.717) is 6.54 Å². The molecular formula is C21H26N3O4+. The summed E-state index contributed by atoms with van der Waals surface area (Å²) in [4.78, 5) is 24.2. The molecule has 1 atom stereocenters. The molecule has 1 fully saturated rings. The van der Waals surface area contributed by atoms with Gasteiger partial charge in [0.15, 0.2) is 0 Å². The number of rotatable bonds is 8. The van der Waals surface area contributed by atoms with Crippen LogP contribution in [0.3, 0.4) is 0 Å². The lowest BCUT2D eigenvalue weighted by atomic mass is 10.0. The van der Waals surface area contributed by atoms with Crippen molar-refractivity contribution in [2.45, 2.75) is 25.3 Å². The summed E-state index contributed by atoms with van der Waals surface area (Å²) < 4.78 is 5.24. The normalized spacial score (nSPS) is 15.2. The molecule has 28 heavy (non-hydrogen) atoms. The van der Waals surface area contributed by atoms with Crippen LogP contribution in [0.25, 0.3) is 0 Å². The molecule has 7 nitrogen and oxygen atoms in total. The molecule has 3 rings (SSSR count).